The molecule has 1 N–H and O–H groups in total. The third-order valence-corrected chi connectivity index (χ3v) is 8.44. The fraction of sp³-hybridized carbons (Fsp3) is 0.407. The molecule has 0 amide bonds. The molecule has 1 saturated heterocycles. The van der Waals surface area contributed by atoms with E-state index in [9.17, 15) is 4.79 Å². The highest BCUT2D eigenvalue weighted by atomic mass is 16.5. The van der Waals surface area contributed by atoms with E-state index in [0.29, 0.717) is 13.0 Å². The molecule has 9 heteroatoms. The van der Waals surface area contributed by atoms with Gasteiger partial charge < -0.3 is 9.72 Å². The third kappa shape index (κ3) is 3.16. The van der Waals surface area contributed by atoms with Gasteiger partial charge in [0, 0.05) is 42.7 Å². The van der Waals surface area contributed by atoms with Crippen LogP contribution in [-0.4, -0.2) is 67.2 Å². The topological polar surface area (TPSA) is 92.2 Å². The highest BCUT2D eigenvalue weighted by Crippen LogP contribution is 2.51. The first kappa shape index (κ1) is 21.7. The second-order valence-electron chi connectivity index (χ2n) is 10.2. The molecular weight excluding hydrogens is 454 g/mol. The highest BCUT2D eigenvalue weighted by Gasteiger charge is 2.57. The van der Waals surface area contributed by atoms with Crippen molar-refractivity contribution in [3.8, 4) is 0 Å². The van der Waals surface area contributed by atoms with Crippen molar-refractivity contribution in [2.24, 2.45) is 0 Å². The number of aromatic nitrogens is 5. The summed E-state index contributed by atoms with van der Waals surface area (Å²) in [6.45, 7) is 3.32. The number of nitrogens with zero attached hydrogens (tertiary/aromatic N) is 6. The van der Waals surface area contributed by atoms with Gasteiger partial charge in [-0.1, -0.05) is 48.5 Å². The van der Waals surface area contributed by atoms with Crippen molar-refractivity contribution in [1.82, 2.24) is 35.0 Å². The minimum Gasteiger partial charge on any atom is -0.468 e. The van der Waals surface area contributed by atoms with Gasteiger partial charge in [0.2, 0.25) is 0 Å². The first-order valence-electron chi connectivity index (χ1n) is 12.7. The van der Waals surface area contributed by atoms with E-state index in [1.165, 1.54) is 29.3 Å². The Labute approximate surface area is 209 Å². The Morgan fingerprint density at radius 2 is 1.89 bits per heavy atom. The number of carbonyl (C=O) groups excluding carboxylic acids is 1. The summed E-state index contributed by atoms with van der Waals surface area (Å²) in [5.74, 6) is 0.675. The Morgan fingerprint density at radius 3 is 2.69 bits per heavy atom. The molecule has 0 bridgehead atoms. The van der Waals surface area contributed by atoms with E-state index >= 15 is 0 Å². The number of esters is 1. The van der Waals surface area contributed by atoms with Crippen LogP contribution < -0.4 is 0 Å². The predicted molar refractivity (Wildman–Crippen MR) is 133 cm³/mol. The van der Waals surface area contributed by atoms with Gasteiger partial charge in [-0.2, -0.15) is 0 Å². The molecule has 9 nitrogen and oxygen atoms in total. The van der Waals surface area contributed by atoms with Gasteiger partial charge in [-0.3, -0.25) is 14.6 Å². The summed E-state index contributed by atoms with van der Waals surface area (Å²) in [7, 11) is 1.49. The number of hydrogen-bond donors (Lipinski definition) is 1. The van der Waals surface area contributed by atoms with Crippen molar-refractivity contribution < 1.29 is 9.53 Å². The molecule has 184 valence electrons. The number of likely N-dealkylation sites (tertiary alicyclic amines) is 1. The van der Waals surface area contributed by atoms with Gasteiger partial charge in [0.05, 0.1) is 25.2 Å². The number of carbonyl (C=O) groups is 1. The van der Waals surface area contributed by atoms with Crippen molar-refractivity contribution >= 4 is 16.9 Å². The molecule has 36 heavy (non-hydrogen) atoms. The van der Waals surface area contributed by atoms with Crippen LogP contribution in [-0.2, 0) is 34.6 Å². The van der Waals surface area contributed by atoms with E-state index in [-0.39, 0.29) is 12.0 Å². The zero-order chi connectivity index (χ0) is 24.3. The fourth-order valence-corrected chi connectivity index (χ4v) is 6.83. The second kappa shape index (κ2) is 8.25. The summed E-state index contributed by atoms with van der Waals surface area (Å²) in [5.41, 5.74) is 4.35. The van der Waals surface area contributed by atoms with Gasteiger partial charge in [0.1, 0.15) is 6.04 Å². The number of methoxy groups -OCH3 is 1. The number of aromatic amines is 1. The maximum Gasteiger partial charge on any atom is 0.323 e. The summed E-state index contributed by atoms with van der Waals surface area (Å²) in [4.78, 5) is 21.9. The number of nitrogens with one attached hydrogen (secondary N) is 1. The number of H-pyrrole nitrogens is 1. The molecule has 0 radical (unpaired) electrons. The fourth-order valence-electron chi connectivity index (χ4n) is 6.83. The van der Waals surface area contributed by atoms with Crippen LogP contribution in [0, 0.1) is 0 Å². The Morgan fingerprint density at radius 1 is 1.11 bits per heavy atom. The minimum absolute atomic E-state index is 0.0399. The predicted octanol–water partition coefficient (Wildman–Crippen LogP) is 2.80. The Kier molecular flexibility index (Phi) is 4.97. The van der Waals surface area contributed by atoms with Crippen LogP contribution in [0.1, 0.15) is 41.5 Å². The van der Waals surface area contributed by atoms with Crippen LogP contribution in [0.25, 0.3) is 10.9 Å². The standard InChI is InChI=1S/C27H29N7O2/c1-36-25(35)22-15-20-19-9-5-6-10-21(19)28-24(20)23-17-33-26(29-30-31-33)27(34(22)23)11-13-32(14-12-27)16-18-7-3-2-4-8-18/h2-10,22-23,28H,11-17H2,1H3. The normalized spacial score (nSPS) is 23.2. The van der Waals surface area contributed by atoms with Crippen LogP contribution in [0.4, 0.5) is 0 Å². The first-order valence-corrected chi connectivity index (χ1v) is 12.7. The lowest BCUT2D eigenvalue weighted by atomic mass is 9.77. The number of piperidine rings is 1. The molecule has 7 rings (SSSR count). The van der Waals surface area contributed by atoms with Crippen LogP contribution in [0.2, 0.25) is 0 Å². The SMILES string of the molecule is COC(=O)C1Cc2c([nH]c3ccccc23)C2Cn3nnnc3C3(CCN(Cc4ccccc4)CC3)N12. The maximum absolute atomic E-state index is 13.3. The Hall–Kier alpha value is -3.56. The molecule has 2 unspecified atom stereocenters. The van der Waals surface area contributed by atoms with Crippen LogP contribution in [0.3, 0.4) is 0 Å². The molecule has 2 aromatic heterocycles. The lowest BCUT2D eigenvalue weighted by Gasteiger charge is -2.56. The molecule has 0 aliphatic carbocycles. The van der Waals surface area contributed by atoms with Gasteiger partial charge in [-0.15, -0.1) is 5.10 Å². The number of ether oxygens (including phenoxy) is 1. The van der Waals surface area contributed by atoms with Crippen molar-refractivity contribution in [2.75, 3.05) is 20.2 Å². The van der Waals surface area contributed by atoms with E-state index in [1.54, 1.807) is 0 Å². The maximum atomic E-state index is 13.3. The average molecular weight is 484 g/mol. The highest BCUT2D eigenvalue weighted by molar-refractivity contribution is 5.87. The van der Waals surface area contributed by atoms with Crippen LogP contribution >= 0.6 is 0 Å². The first-order chi connectivity index (χ1) is 17.7. The number of tetrazole rings is 1. The van der Waals surface area contributed by atoms with E-state index in [4.69, 9.17) is 4.74 Å². The second-order valence-corrected chi connectivity index (χ2v) is 10.2. The number of para-hydroxylation sites is 1. The van der Waals surface area contributed by atoms with Gasteiger partial charge in [-0.05, 0) is 40.5 Å². The molecular formula is C27H29N7O2. The zero-order valence-electron chi connectivity index (χ0n) is 20.3. The monoisotopic (exact) mass is 483 g/mol. The van der Waals surface area contributed by atoms with E-state index in [1.807, 2.05) is 10.7 Å². The molecule has 3 aliphatic heterocycles. The summed E-state index contributed by atoms with van der Waals surface area (Å²) in [6, 6.07) is 18.5. The number of fused-ring (bicyclic) bond motifs is 8. The van der Waals surface area contributed by atoms with Crippen LogP contribution in [0.15, 0.2) is 54.6 Å². The lowest BCUT2D eigenvalue weighted by Crippen LogP contribution is -2.65. The van der Waals surface area contributed by atoms with Crippen molar-refractivity contribution in [1.29, 1.82) is 0 Å². The van der Waals surface area contributed by atoms with Crippen molar-refractivity contribution in [3.05, 3.63) is 77.2 Å². The molecule has 2 atom stereocenters. The Bertz CT molecular complexity index is 1420. The van der Waals surface area contributed by atoms with Gasteiger partial charge in [0.15, 0.2) is 5.82 Å². The average Bonchev–Trinajstić information content (AvgIpc) is 3.55. The molecule has 3 aliphatic rings. The van der Waals surface area contributed by atoms with Gasteiger partial charge in [-0.25, -0.2) is 4.68 Å². The van der Waals surface area contributed by atoms with E-state index in [2.05, 4.69) is 78.8 Å². The summed E-state index contributed by atoms with van der Waals surface area (Å²) in [5, 5.41) is 14.2. The van der Waals surface area contributed by atoms with Crippen molar-refractivity contribution in [2.45, 2.75) is 50.0 Å². The molecule has 4 aromatic rings. The van der Waals surface area contributed by atoms with Crippen LogP contribution in [0.5, 0.6) is 0 Å². The summed E-state index contributed by atoms with van der Waals surface area (Å²) < 4.78 is 7.35. The lowest BCUT2D eigenvalue weighted by molar-refractivity contribution is -0.159. The molecule has 0 saturated carbocycles. The number of rotatable bonds is 3. The van der Waals surface area contributed by atoms with E-state index < -0.39 is 11.6 Å². The third-order valence-electron chi connectivity index (χ3n) is 8.44. The van der Waals surface area contributed by atoms with Crippen molar-refractivity contribution in [3.63, 3.8) is 0 Å². The quantitative estimate of drug-likeness (QED) is 0.448. The summed E-state index contributed by atoms with van der Waals surface area (Å²) >= 11 is 0. The number of benzene rings is 2. The zero-order valence-corrected chi connectivity index (χ0v) is 20.3. The summed E-state index contributed by atoms with van der Waals surface area (Å²) in [6.07, 6.45) is 2.30. The smallest absolute Gasteiger partial charge is 0.323 e. The molecule has 5 heterocycles. The molecule has 1 fully saturated rings. The number of hydrogen-bond acceptors (Lipinski definition) is 7. The van der Waals surface area contributed by atoms with E-state index in [0.717, 1.165) is 43.8 Å². The minimum atomic E-state index is -0.437. The Balaban J connectivity index is 1.31. The van der Waals surface area contributed by atoms with Gasteiger partial charge in [0.25, 0.3) is 0 Å². The van der Waals surface area contributed by atoms with Gasteiger partial charge >= 0.3 is 5.97 Å². The molecule has 2 aromatic carbocycles. The molecule has 1 spiro atoms. The largest absolute Gasteiger partial charge is 0.468 e.